The fourth-order valence-electron chi connectivity index (χ4n) is 1.60. The van der Waals surface area contributed by atoms with Crippen LogP contribution in [0.25, 0.3) is 6.08 Å². The summed E-state index contributed by atoms with van der Waals surface area (Å²) in [6, 6.07) is 6.47. The van der Waals surface area contributed by atoms with Crippen LogP contribution in [0.1, 0.15) is 5.56 Å². The second kappa shape index (κ2) is 7.75. The number of ether oxygens (including phenoxy) is 1. The van der Waals surface area contributed by atoms with Crippen LogP contribution in [0.3, 0.4) is 0 Å². The SMILES string of the molecule is COc1ccc(C=C(O)[C@@H](O)[C@H](O)[C@@H](O)[C@H](O)C=O)cc1. The molecule has 0 saturated heterocycles. The third-order valence-corrected chi connectivity index (χ3v) is 2.90. The van der Waals surface area contributed by atoms with Gasteiger partial charge in [-0.25, -0.2) is 0 Å². The first-order valence-corrected chi connectivity index (χ1v) is 6.13. The molecule has 7 heteroatoms. The van der Waals surface area contributed by atoms with Crippen molar-refractivity contribution >= 4 is 12.4 Å². The van der Waals surface area contributed by atoms with Gasteiger partial charge in [-0.2, -0.15) is 0 Å². The van der Waals surface area contributed by atoms with Crippen molar-refractivity contribution < 1.29 is 35.1 Å². The smallest absolute Gasteiger partial charge is 0.151 e. The molecule has 0 spiro atoms. The molecule has 21 heavy (non-hydrogen) atoms. The van der Waals surface area contributed by atoms with E-state index in [9.17, 15) is 25.2 Å². The Hall–Kier alpha value is -1.93. The van der Waals surface area contributed by atoms with E-state index in [0.29, 0.717) is 11.3 Å². The number of carbonyl (C=O) groups excluding carboxylic acids is 1. The summed E-state index contributed by atoms with van der Waals surface area (Å²) in [7, 11) is 1.50. The zero-order chi connectivity index (χ0) is 16.0. The van der Waals surface area contributed by atoms with Gasteiger partial charge in [0.1, 0.15) is 35.9 Å². The first-order chi connectivity index (χ1) is 9.90. The molecule has 0 bridgehead atoms. The molecule has 1 aromatic rings. The number of hydrogen-bond acceptors (Lipinski definition) is 7. The van der Waals surface area contributed by atoms with Crippen molar-refractivity contribution in [2.75, 3.05) is 7.11 Å². The molecule has 0 saturated carbocycles. The summed E-state index contributed by atoms with van der Waals surface area (Å²) in [5.74, 6) is -0.0124. The molecule has 0 amide bonds. The van der Waals surface area contributed by atoms with Gasteiger partial charge < -0.3 is 35.1 Å². The van der Waals surface area contributed by atoms with Gasteiger partial charge in [0.25, 0.3) is 0 Å². The van der Waals surface area contributed by atoms with Crippen LogP contribution in [-0.4, -0.2) is 63.3 Å². The average Bonchev–Trinajstić information content (AvgIpc) is 2.52. The highest BCUT2D eigenvalue weighted by atomic mass is 16.5. The second-order valence-corrected chi connectivity index (χ2v) is 4.40. The Labute approximate surface area is 121 Å². The van der Waals surface area contributed by atoms with E-state index >= 15 is 0 Å². The maximum absolute atomic E-state index is 10.3. The molecule has 5 N–H and O–H groups in total. The molecule has 0 aliphatic heterocycles. The Morgan fingerprint density at radius 2 is 1.67 bits per heavy atom. The maximum atomic E-state index is 10.3. The third-order valence-electron chi connectivity index (χ3n) is 2.90. The Morgan fingerprint density at radius 1 is 1.10 bits per heavy atom. The van der Waals surface area contributed by atoms with Crippen LogP contribution in [-0.2, 0) is 4.79 Å². The molecule has 0 aliphatic rings. The summed E-state index contributed by atoms with van der Waals surface area (Å²) >= 11 is 0. The van der Waals surface area contributed by atoms with Crippen LogP contribution in [0.5, 0.6) is 5.75 Å². The van der Waals surface area contributed by atoms with Gasteiger partial charge >= 0.3 is 0 Å². The van der Waals surface area contributed by atoms with Crippen LogP contribution in [0.4, 0.5) is 0 Å². The van der Waals surface area contributed by atoms with Crippen LogP contribution < -0.4 is 4.74 Å². The quantitative estimate of drug-likeness (QED) is 0.330. The minimum absolute atomic E-state index is 0.0187. The molecule has 116 valence electrons. The van der Waals surface area contributed by atoms with Gasteiger partial charge in [0.05, 0.1) is 7.11 Å². The van der Waals surface area contributed by atoms with Crippen molar-refractivity contribution in [2.24, 2.45) is 0 Å². The van der Waals surface area contributed by atoms with Crippen molar-refractivity contribution in [3.63, 3.8) is 0 Å². The topological polar surface area (TPSA) is 127 Å². The van der Waals surface area contributed by atoms with Gasteiger partial charge in [0, 0.05) is 0 Å². The van der Waals surface area contributed by atoms with Crippen LogP contribution in [0.15, 0.2) is 30.0 Å². The lowest BCUT2D eigenvalue weighted by Crippen LogP contribution is -2.45. The van der Waals surface area contributed by atoms with Gasteiger partial charge in [-0.05, 0) is 23.8 Å². The first-order valence-electron chi connectivity index (χ1n) is 6.13. The minimum atomic E-state index is -1.92. The molecule has 0 aliphatic carbocycles. The highest BCUT2D eigenvalue weighted by molar-refractivity contribution is 5.57. The molecule has 0 aromatic heterocycles. The van der Waals surface area contributed by atoms with Gasteiger partial charge in [0.15, 0.2) is 6.29 Å². The zero-order valence-corrected chi connectivity index (χ0v) is 11.3. The van der Waals surface area contributed by atoms with E-state index in [2.05, 4.69) is 0 Å². The van der Waals surface area contributed by atoms with Gasteiger partial charge in [-0.3, -0.25) is 0 Å². The highest BCUT2D eigenvalue weighted by Gasteiger charge is 2.32. The van der Waals surface area contributed by atoms with Crippen molar-refractivity contribution in [1.82, 2.24) is 0 Å². The number of rotatable bonds is 7. The molecule has 1 rings (SSSR count). The Kier molecular flexibility index (Phi) is 6.32. The molecule has 7 nitrogen and oxygen atoms in total. The van der Waals surface area contributed by atoms with E-state index in [4.69, 9.17) is 9.84 Å². The molecule has 0 heterocycles. The molecule has 0 radical (unpaired) electrons. The fraction of sp³-hybridized carbons (Fsp3) is 0.357. The summed E-state index contributed by atoms with van der Waals surface area (Å²) in [4.78, 5) is 10.3. The standard InChI is InChI=1S/C14H18O7/c1-21-9-4-2-8(3-5-9)6-10(16)12(18)14(20)13(19)11(17)7-15/h2-7,11-14,16-20H,1H3/t11-,12-,13+,14+/m1/s1. The van der Waals surface area contributed by atoms with Gasteiger partial charge in [-0.1, -0.05) is 12.1 Å². The highest BCUT2D eigenvalue weighted by Crippen LogP contribution is 2.16. The lowest BCUT2D eigenvalue weighted by Gasteiger charge is -2.23. The molecule has 0 fully saturated rings. The summed E-state index contributed by atoms with van der Waals surface area (Å²) in [5, 5.41) is 47.4. The van der Waals surface area contributed by atoms with Gasteiger partial charge in [-0.15, -0.1) is 0 Å². The molecule has 1 aromatic carbocycles. The summed E-state index contributed by atoms with van der Waals surface area (Å²) in [5.41, 5.74) is 0.518. The molecule has 0 unspecified atom stereocenters. The Balaban J connectivity index is 2.82. The Bertz CT molecular complexity index is 483. The van der Waals surface area contributed by atoms with Gasteiger partial charge in [0.2, 0.25) is 0 Å². The Morgan fingerprint density at radius 3 is 2.14 bits per heavy atom. The number of methoxy groups -OCH3 is 1. The van der Waals surface area contributed by atoms with Crippen molar-refractivity contribution in [1.29, 1.82) is 0 Å². The predicted octanol–water partition coefficient (Wildman–Crippen LogP) is -0.763. The fourth-order valence-corrected chi connectivity index (χ4v) is 1.60. The number of aliphatic hydroxyl groups is 5. The van der Waals surface area contributed by atoms with Crippen molar-refractivity contribution in [3.8, 4) is 5.75 Å². The zero-order valence-electron chi connectivity index (χ0n) is 11.3. The number of hydrogen-bond donors (Lipinski definition) is 5. The third kappa shape index (κ3) is 4.54. The van der Waals surface area contributed by atoms with E-state index in [0.717, 1.165) is 0 Å². The average molecular weight is 298 g/mol. The first kappa shape index (κ1) is 17.1. The summed E-state index contributed by atoms with van der Waals surface area (Å²) in [6.45, 7) is 0. The molecular weight excluding hydrogens is 280 g/mol. The van der Waals surface area contributed by atoms with E-state index in [-0.39, 0.29) is 6.29 Å². The maximum Gasteiger partial charge on any atom is 0.151 e. The van der Waals surface area contributed by atoms with E-state index in [1.807, 2.05) is 0 Å². The molecular formula is C14H18O7. The van der Waals surface area contributed by atoms with Crippen LogP contribution in [0, 0.1) is 0 Å². The molecule has 4 atom stereocenters. The predicted molar refractivity (Wildman–Crippen MR) is 73.7 cm³/mol. The van der Waals surface area contributed by atoms with Crippen LogP contribution in [0.2, 0.25) is 0 Å². The number of aliphatic hydroxyl groups excluding tert-OH is 5. The lowest BCUT2D eigenvalue weighted by atomic mass is 10.0. The summed E-state index contributed by atoms with van der Waals surface area (Å²) < 4.78 is 4.96. The number of benzene rings is 1. The summed E-state index contributed by atoms with van der Waals surface area (Å²) in [6.07, 6.45) is -6.35. The minimum Gasteiger partial charge on any atom is -0.509 e. The van der Waals surface area contributed by atoms with E-state index in [1.165, 1.54) is 13.2 Å². The van der Waals surface area contributed by atoms with E-state index < -0.39 is 30.2 Å². The largest absolute Gasteiger partial charge is 0.509 e. The van der Waals surface area contributed by atoms with E-state index in [1.54, 1.807) is 24.3 Å². The lowest BCUT2D eigenvalue weighted by molar-refractivity contribution is -0.132. The van der Waals surface area contributed by atoms with Crippen molar-refractivity contribution in [3.05, 3.63) is 35.6 Å². The van der Waals surface area contributed by atoms with Crippen molar-refractivity contribution in [2.45, 2.75) is 24.4 Å². The number of aldehydes is 1. The van der Waals surface area contributed by atoms with Crippen LogP contribution >= 0.6 is 0 Å². The number of carbonyl (C=O) groups is 1. The normalized spacial score (nSPS) is 17.7. The second-order valence-electron chi connectivity index (χ2n) is 4.40. The monoisotopic (exact) mass is 298 g/mol.